The van der Waals surface area contributed by atoms with Gasteiger partial charge in [-0.05, 0) is 26.8 Å². The molecule has 1 aromatic rings. The summed E-state index contributed by atoms with van der Waals surface area (Å²) >= 11 is 0. The number of methoxy groups -OCH3 is 1. The fourth-order valence-electron chi connectivity index (χ4n) is 1.82. The number of nitrogens with one attached hydrogen (secondary N) is 1. The molecule has 0 aliphatic heterocycles. The third kappa shape index (κ3) is 5.72. The van der Waals surface area contributed by atoms with Gasteiger partial charge in [0.25, 0.3) is 0 Å². The quantitative estimate of drug-likeness (QED) is 0.872. The fraction of sp³-hybridized carbons (Fsp3) is 0.467. The van der Waals surface area contributed by atoms with Gasteiger partial charge in [-0.3, -0.25) is 4.79 Å². The summed E-state index contributed by atoms with van der Waals surface area (Å²) in [5, 5.41) is 11.6. The highest BCUT2D eigenvalue weighted by Gasteiger charge is 2.24. The van der Waals surface area contributed by atoms with Crippen molar-refractivity contribution in [3.05, 3.63) is 29.8 Å². The summed E-state index contributed by atoms with van der Waals surface area (Å²) in [5.74, 6) is -0.512. The third-order valence-electron chi connectivity index (χ3n) is 2.58. The van der Waals surface area contributed by atoms with Gasteiger partial charge in [0.05, 0.1) is 19.6 Å². The van der Waals surface area contributed by atoms with Crippen LogP contribution in [0, 0.1) is 0 Å². The summed E-state index contributed by atoms with van der Waals surface area (Å²) in [6.07, 6.45) is -0.931. The van der Waals surface area contributed by atoms with Crippen molar-refractivity contribution in [2.75, 3.05) is 7.11 Å². The molecule has 6 heteroatoms. The van der Waals surface area contributed by atoms with E-state index in [1.54, 1.807) is 45.0 Å². The Balaban J connectivity index is 2.95. The number of rotatable bonds is 5. The predicted molar refractivity (Wildman–Crippen MR) is 77.4 cm³/mol. The highest BCUT2D eigenvalue weighted by atomic mass is 16.6. The molecule has 0 fully saturated rings. The van der Waals surface area contributed by atoms with Crippen LogP contribution in [-0.2, 0) is 9.53 Å². The molecule has 0 heterocycles. The van der Waals surface area contributed by atoms with Crippen LogP contribution in [-0.4, -0.2) is 29.9 Å². The van der Waals surface area contributed by atoms with E-state index in [4.69, 9.17) is 14.6 Å². The van der Waals surface area contributed by atoms with Gasteiger partial charge >= 0.3 is 12.1 Å². The Kier molecular flexibility index (Phi) is 5.58. The molecule has 0 spiro atoms. The van der Waals surface area contributed by atoms with E-state index in [0.717, 1.165) is 0 Å². The molecule has 1 rings (SSSR count). The summed E-state index contributed by atoms with van der Waals surface area (Å²) in [6.45, 7) is 5.21. The van der Waals surface area contributed by atoms with Crippen LogP contribution in [0.25, 0.3) is 0 Å². The third-order valence-corrected chi connectivity index (χ3v) is 2.58. The zero-order valence-electron chi connectivity index (χ0n) is 12.7. The number of carboxylic acid groups (broad SMARTS) is 1. The molecule has 0 radical (unpaired) electrons. The standard InChI is InChI=1S/C15H21NO5/c1-15(2,3)21-14(19)16-11(9-13(17)18)10-7-5-6-8-12(10)20-4/h5-8,11H,9H2,1-4H3,(H,16,19)(H,17,18)/t11-/m0/s1. The zero-order valence-corrected chi connectivity index (χ0v) is 12.7. The van der Waals surface area contributed by atoms with E-state index in [9.17, 15) is 9.59 Å². The first-order chi connectivity index (χ1) is 9.73. The van der Waals surface area contributed by atoms with Crippen LogP contribution in [0.5, 0.6) is 5.75 Å². The van der Waals surface area contributed by atoms with Crippen LogP contribution in [0.3, 0.4) is 0 Å². The Bertz CT molecular complexity index is 507. The van der Waals surface area contributed by atoms with Gasteiger partial charge in [0.1, 0.15) is 11.4 Å². The maximum Gasteiger partial charge on any atom is 0.408 e. The molecule has 0 aliphatic carbocycles. The Morgan fingerprint density at radius 2 is 1.90 bits per heavy atom. The molecule has 0 unspecified atom stereocenters. The van der Waals surface area contributed by atoms with Gasteiger partial charge in [0.2, 0.25) is 0 Å². The lowest BCUT2D eigenvalue weighted by Crippen LogP contribution is -2.36. The highest BCUT2D eigenvalue weighted by Crippen LogP contribution is 2.27. The number of ether oxygens (including phenoxy) is 2. The number of hydrogen-bond donors (Lipinski definition) is 2. The molecule has 0 saturated carbocycles. The van der Waals surface area contributed by atoms with E-state index in [1.807, 2.05) is 0 Å². The Labute approximate surface area is 124 Å². The number of aliphatic carboxylic acids is 1. The molecule has 1 amide bonds. The second-order valence-electron chi connectivity index (χ2n) is 5.54. The summed E-state index contributed by atoms with van der Waals surface area (Å²) in [7, 11) is 1.49. The lowest BCUT2D eigenvalue weighted by Gasteiger charge is -2.24. The molecule has 0 saturated heterocycles. The van der Waals surface area contributed by atoms with Crippen molar-refractivity contribution in [1.82, 2.24) is 5.32 Å². The van der Waals surface area contributed by atoms with Crippen LogP contribution in [0.15, 0.2) is 24.3 Å². The minimum absolute atomic E-state index is 0.264. The molecule has 0 aliphatic rings. The van der Waals surface area contributed by atoms with Gasteiger partial charge in [0.15, 0.2) is 0 Å². The van der Waals surface area contributed by atoms with Crippen molar-refractivity contribution in [3.8, 4) is 5.75 Å². The Morgan fingerprint density at radius 1 is 1.29 bits per heavy atom. The first-order valence-electron chi connectivity index (χ1n) is 6.57. The maximum absolute atomic E-state index is 11.9. The van der Waals surface area contributed by atoms with Crippen molar-refractivity contribution in [2.24, 2.45) is 0 Å². The van der Waals surface area contributed by atoms with E-state index in [1.165, 1.54) is 7.11 Å². The molecular weight excluding hydrogens is 274 g/mol. The average Bonchev–Trinajstić information content (AvgIpc) is 2.35. The molecule has 1 aromatic carbocycles. The number of carbonyl (C=O) groups is 2. The summed E-state index contributed by atoms with van der Waals surface area (Å²) < 4.78 is 10.4. The molecule has 21 heavy (non-hydrogen) atoms. The molecule has 0 aromatic heterocycles. The van der Waals surface area contributed by atoms with E-state index in [0.29, 0.717) is 11.3 Å². The van der Waals surface area contributed by atoms with Gasteiger partial charge in [-0.1, -0.05) is 18.2 Å². The number of para-hydroxylation sites is 1. The van der Waals surface area contributed by atoms with Crippen molar-refractivity contribution >= 4 is 12.1 Å². The minimum atomic E-state index is -1.03. The smallest absolute Gasteiger partial charge is 0.408 e. The normalized spacial score (nSPS) is 12.4. The number of benzene rings is 1. The van der Waals surface area contributed by atoms with Crippen LogP contribution >= 0.6 is 0 Å². The maximum atomic E-state index is 11.9. The van der Waals surface area contributed by atoms with Gasteiger partial charge in [-0.2, -0.15) is 0 Å². The van der Waals surface area contributed by atoms with E-state index in [2.05, 4.69) is 5.32 Å². The van der Waals surface area contributed by atoms with Crippen molar-refractivity contribution in [1.29, 1.82) is 0 Å². The lowest BCUT2D eigenvalue weighted by molar-refractivity contribution is -0.137. The molecule has 1 atom stereocenters. The Hall–Kier alpha value is -2.24. The largest absolute Gasteiger partial charge is 0.496 e. The lowest BCUT2D eigenvalue weighted by atomic mass is 10.0. The second-order valence-corrected chi connectivity index (χ2v) is 5.54. The predicted octanol–water partition coefficient (Wildman–Crippen LogP) is 2.74. The van der Waals surface area contributed by atoms with Gasteiger partial charge in [0, 0.05) is 5.56 Å². The van der Waals surface area contributed by atoms with Gasteiger partial charge in [-0.15, -0.1) is 0 Å². The Morgan fingerprint density at radius 3 is 2.43 bits per heavy atom. The van der Waals surface area contributed by atoms with Crippen LogP contribution in [0.4, 0.5) is 4.79 Å². The van der Waals surface area contributed by atoms with E-state index < -0.39 is 23.7 Å². The molecule has 116 valence electrons. The van der Waals surface area contributed by atoms with Crippen molar-refractivity contribution < 1.29 is 24.2 Å². The summed E-state index contributed by atoms with van der Waals surface area (Å²) in [5.41, 5.74) is -0.0632. The van der Waals surface area contributed by atoms with Gasteiger partial charge in [-0.25, -0.2) is 4.79 Å². The van der Waals surface area contributed by atoms with Crippen molar-refractivity contribution in [3.63, 3.8) is 0 Å². The number of amides is 1. The number of hydrogen-bond acceptors (Lipinski definition) is 4. The highest BCUT2D eigenvalue weighted by molar-refractivity contribution is 5.72. The SMILES string of the molecule is COc1ccccc1[C@H](CC(=O)O)NC(=O)OC(C)(C)C. The zero-order chi connectivity index (χ0) is 16.0. The monoisotopic (exact) mass is 295 g/mol. The minimum Gasteiger partial charge on any atom is -0.496 e. The number of alkyl carbamates (subject to hydrolysis) is 1. The van der Waals surface area contributed by atoms with E-state index in [-0.39, 0.29) is 6.42 Å². The topological polar surface area (TPSA) is 84.9 Å². The average molecular weight is 295 g/mol. The number of carbonyl (C=O) groups excluding carboxylic acids is 1. The van der Waals surface area contributed by atoms with Crippen LogP contribution < -0.4 is 10.1 Å². The molecule has 6 nitrogen and oxygen atoms in total. The first kappa shape index (κ1) is 16.8. The molecule has 0 bridgehead atoms. The first-order valence-corrected chi connectivity index (χ1v) is 6.57. The van der Waals surface area contributed by atoms with Crippen LogP contribution in [0.2, 0.25) is 0 Å². The summed E-state index contributed by atoms with van der Waals surface area (Å²) in [6, 6.07) is 6.22. The number of carboxylic acids is 1. The second kappa shape index (κ2) is 6.97. The fourth-order valence-corrected chi connectivity index (χ4v) is 1.82. The summed E-state index contributed by atoms with van der Waals surface area (Å²) in [4.78, 5) is 22.9. The van der Waals surface area contributed by atoms with Crippen LogP contribution in [0.1, 0.15) is 38.8 Å². The van der Waals surface area contributed by atoms with Gasteiger partial charge < -0.3 is 19.9 Å². The van der Waals surface area contributed by atoms with E-state index >= 15 is 0 Å². The molecular formula is C15H21NO5. The van der Waals surface area contributed by atoms with Crippen molar-refractivity contribution in [2.45, 2.75) is 38.8 Å². The molecule has 2 N–H and O–H groups in total.